The van der Waals surface area contributed by atoms with Gasteiger partial charge in [0.2, 0.25) is 0 Å². The molecule has 0 bridgehead atoms. The molecule has 3 aromatic rings. The summed E-state index contributed by atoms with van der Waals surface area (Å²) in [7, 11) is 3.72. The van der Waals surface area contributed by atoms with E-state index in [9.17, 15) is 4.79 Å². The quantitative estimate of drug-likeness (QED) is 0.510. The van der Waals surface area contributed by atoms with Gasteiger partial charge in [0, 0.05) is 34.5 Å². The van der Waals surface area contributed by atoms with E-state index in [1.807, 2.05) is 35.7 Å². The summed E-state index contributed by atoms with van der Waals surface area (Å²) in [6.07, 6.45) is 1.92. The summed E-state index contributed by atoms with van der Waals surface area (Å²) in [6.45, 7) is 6.05. The zero-order valence-corrected chi connectivity index (χ0v) is 19.7. The highest BCUT2D eigenvalue weighted by molar-refractivity contribution is 7.13. The first-order chi connectivity index (χ1) is 16.0. The molecule has 0 saturated carbocycles. The molecule has 0 unspecified atom stereocenters. The molecule has 0 radical (unpaired) electrons. The highest BCUT2D eigenvalue weighted by Gasteiger charge is 2.21. The van der Waals surface area contributed by atoms with Gasteiger partial charge in [-0.3, -0.25) is 4.79 Å². The summed E-state index contributed by atoms with van der Waals surface area (Å²) in [6, 6.07) is 12.2. The van der Waals surface area contributed by atoms with Crippen molar-refractivity contribution in [2.24, 2.45) is 0 Å². The largest absolute Gasteiger partial charge is 0.495 e. The number of aromatic nitrogens is 1. The highest BCUT2D eigenvalue weighted by Crippen LogP contribution is 2.36. The maximum absolute atomic E-state index is 12.7. The SMILES string of the molecule is C=C(C#N)CNc1c(OC)ccc2ccc(-c3nc(C(=O)NC4CCN(C)CC4)cs3)cc12. The van der Waals surface area contributed by atoms with Crippen LogP contribution in [0.5, 0.6) is 5.75 Å². The number of ether oxygens (including phenoxy) is 1. The van der Waals surface area contributed by atoms with Crippen molar-refractivity contribution < 1.29 is 9.53 Å². The predicted molar refractivity (Wildman–Crippen MR) is 133 cm³/mol. The van der Waals surface area contributed by atoms with Gasteiger partial charge in [0.15, 0.2) is 0 Å². The van der Waals surface area contributed by atoms with Gasteiger partial charge in [-0.2, -0.15) is 5.26 Å². The lowest BCUT2D eigenvalue weighted by Crippen LogP contribution is -2.43. The molecule has 4 rings (SSSR count). The molecule has 33 heavy (non-hydrogen) atoms. The van der Waals surface area contributed by atoms with E-state index in [1.165, 1.54) is 11.3 Å². The average molecular weight is 462 g/mol. The van der Waals surface area contributed by atoms with Crippen molar-refractivity contribution in [1.29, 1.82) is 5.26 Å². The van der Waals surface area contributed by atoms with Crippen molar-refractivity contribution in [2.75, 3.05) is 39.1 Å². The lowest BCUT2D eigenvalue weighted by atomic mass is 10.0. The van der Waals surface area contributed by atoms with E-state index in [-0.39, 0.29) is 11.9 Å². The number of fused-ring (bicyclic) bond motifs is 1. The van der Waals surface area contributed by atoms with Crippen LogP contribution >= 0.6 is 11.3 Å². The fraction of sp³-hybridized carbons (Fsp3) is 0.320. The Morgan fingerprint density at radius 3 is 2.82 bits per heavy atom. The van der Waals surface area contributed by atoms with Crippen LogP contribution in [-0.2, 0) is 0 Å². The Morgan fingerprint density at radius 2 is 2.09 bits per heavy atom. The highest BCUT2D eigenvalue weighted by atomic mass is 32.1. The Hall–Kier alpha value is -3.41. The number of thiazole rings is 1. The first-order valence-corrected chi connectivity index (χ1v) is 11.7. The number of methoxy groups -OCH3 is 1. The van der Waals surface area contributed by atoms with Gasteiger partial charge in [-0.25, -0.2) is 4.98 Å². The predicted octanol–water partition coefficient (Wildman–Crippen LogP) is 4.29. The molecule has 170 valence electrons. The summed E-state index contributed by atoms with van der Waals surface area (Å²) in [4.78, 5) is 19.6. The third-order valence-corrected chi connectivity index (χ3v) is 6.77. The number of hydrogen-bond acceptors (Lipinski definition) is 7. The van der Waals surface area contributed by atoms with Gasteiger partial charge in [0.25, 0.3) is 5.91 Å². The average Bonchev–Trinajstić information content (AvgIpc) is 3.34. The molecule has 1 fully saturated rings. The van der Waals surface area contributed by atoms with Crippen LogP contribution in [0.15, 0.2) is 47.9 Å². The van der Waals surface area contributed by atoms with E-state index in [2.05, 4.69) is 40.2 Å². The zero-order valence-electron chi connectivity index (χ0n) is 18.9. The Labute approximate surface area is 197 Å². The monoisotopic (exact) mass is 461 g/mol. The van der Waals surface area contributed by atoms with Crippen LogP contribution in [0.3, 0.4) is 0 Å². The van der Waals surface area contributed by atoms with E-state index >= 15 is 0 Å². The number of benzene rings is 2. The van der Waals surface area contributed by atoms with Crippen molar-refractivity contribution >= 4 is 33.7 Å². The molecule has 8 heteroatoms. The van der Waals surface area contributed by atoms with Gasteiger partial charge in [-0.05, 0) is 50.5 Å². The number of hydrogen-bond donors (Lipinski definition) is 2. The molecular weight excluding hydrogens is 434 g/mol. The van der Waals surface area contributed by atoms with Crippen LogP contribution in [0, 0.1) is 11.3 Å². The molecule has 1 amide bonds. The van der Waals surface area contributed by atoms with Crippen molar-refractivity contribution in [2.45, 2.75) is 18.9 Å². The fourth-order valence-corrected chi connectivity index (χ4v) is 4.74. The third-order valence-electron chi connectivity index (χ3n) is 5.88. The number of rotatable bonds is 7. The Morgan fingerprint density at radius 1 is 1.33 bits per heavy atom. The van der Waals surface area contributed by atoms with E-state index in [4.69, 9.17) is 10.00 Å². The van der Waals surface area contributed by atoms with Gasteiger partial charge in [-0.15, -0.1) is 11.3 Å². The van der Waals surface area contributed by atoms with Crippen molar-refractivity contribution in [3.63, 3.8) is 0 Å². The summed E-state index contributed by atoms with van der Waals surface area (Å²) >= 11 is 1.45. The number of anilines is 1. The number of piperidine rings is 1. The topological polar surface area (TPSA) is 90.3 Å². The van der Waals surface area contributed by atoms with E-state index in [1.54, 1.807) is 7.11 Å². The number of likely N-dealkylation sites (tertiary alicyclic amines) is 1. The molecule has 1 saturated heterocycles. The van der Waals surface area contributed by atoms with Crippen molar-refractivity contribution in [3.05, 3.63) is 53.6 Å². The molecule has 0 aliphatic carbocycles. The molecule has 7 nitrogen and oxygen atoms in total. The van der Waals surface area contributed by atoms with E-state index in [0.717, 1.165) is 53.0 Å². The first kappa shape index (κ1) is 22.8. The van der Waals surface area contributed by atoms with Crippen LogP contribution in [-0.4, -0.2) is 55.6 Å². The Kier molecular flexibility index (Phi) is 6.92. The molecule has 2 N–H and O–H groups in total. The zero-order chi connectivity index (χ0) is 23.4. The number of amides is 1. The van der Waals surface area contributed by atoms with E-state index in [0.29, 0.717) is 23.6 Å². The number of carbonyl (C=O) groups excluding carboxylic acids is 1. The smallest absolute Gasteiger partial charge is 0.270 e. The number of nitrogens with one attached hydrogen (secondary N) is 2. The number of nitriles is 1. The summed E-state index contributed by atoms with van der Waals surface area (Å²) in [5, 5.41) is 20.0. The number of nitrogens with zero attached hydrogens (tertiary/aromatic N) is 3. The summed E-state index contributed by atoms with van der Waals surface area (Å²) < 4.78 is 5.54. The molecule has 2 heterocycles. The van der Waals surface area contributed by atoms with Gasteiger partial charge in [-0.1, -0.05) is 24.8 Å². The summed E-state index contributed by atoms with van der Waals surface area (Å²) in [5.74, 6) is 0.564. The maximum atomic E-state index is 12.7. The lowest BCUT2D eigenvalue weighted by molar-refractivity contribution is 0.0912. The van der Waals surface area contributed by atoms with Crippen LogP contribution in [0.1, 0.15) is 23.3 Å². The fourth-order valence-electron chi connectivity index (χ4n) is 3.94. The van der Waals surface area contributed by atoms with Crippen LogP contribution < -0.4 is 15.4 Å². The van der Waals surface area contributed by atoms with Gasteiger partial charge < -0.3 is 20.3 Å². The molecule has 2 aromatic carbocycles. The van der Waals surface area contributed by atoms with Gasteiger partial charge >= 0.3 is 0 Å². The maximum Gasteiger partial charge on any atom is 0.270 e. The standard InChI is InChI=1S/C25H27N5O2S/c1-16(13-26)14-27-23-20-12-18(5-4-17(20)6-7-22(23)32-3)25-29-21(15-33-25)24(31)28-19-8-10-30(2)11-9-19/h4-7,12,15,19,27H,1,8-11,14H2,2-3H3,(H,28,31). The van der Waals surface area contributed by atoms with E-state index < -0.39 is 0 Å². The minimum Gasteiger partial charge on any atom is -0.495 e. The van der Waals surface area contributed by atoms with Crippen LogP contribution in [0.2, 0.25) is 0 Å². The number of carbonyl (C=O) groups is 1. The summed E-state index contributed by atoms with van der Waals surface area (Å²) in [5.41, 5.74) is 2.60. The van der Waals surface area contributed by atoms with Crippen LogP contribution in [0.25, 0.3) is 21.3 Å². The second-order valence-corrected chi connectivity index (χ2v) is 9.09. The van der Waals surface area contributed by atoms with Crippen molar-refractivity contribution in [1.82, 2.24) is 15.2 Å². The Balaban J connectivity index is 1.58. The molecular formula is C25H27N5O2S. The third kappa shape index (κ3) is 5.16. The second kappa shape index (κ2) is 10.0. The lowest BCUT2D eigenvalue weighted by Gasteiger charge is -2.29. The minimum absolute atomic E-state index is 0.119. The molecule has 1 aliphatic rings. The Bertz CT molecular complexity index is 1220. The molecule has 1 aliphatic heterocycles. The normalized spacial score (nSPS) is 14.6. The molecule has 1 aromatic heterocycles. The minimum atomic E-state index is -0.119. The first-order valence-electron chi connectivity index (χ1n) is 10.9. The van der Waals surface area contributed by atoms with Crippen molar-refractivity contribution in [3.8, 4) is 22.4 Å². The molecule has 0 atom stereocenters. The van der Waals surface area contributed by atoms with Gasteiger partial charge in [0.05, 0.1) is 18.9 Å². The van der Waals surface area contributed by atoms with Gasteiger partial charge in [0.1, 0.15) is 16.5 Å². The van der Waals surface area contributed by atoms with Crippen LogP contribution in [0.4, 0.5) is 5.69 Å². The second-order valence-electron chi connectivity index (χ2n) is 8.24. The molecule has 0 spiro atoms.